The lowest BCUT2D eigenvalue weighted by Gasteiger charge is -2.23. The Morgan fingerprint density at radius 3 is 2.81 bits per heavy atom. The predicted molar refractivity (Wildman–Crippen MR) is 106 cm³/mol. The maximum absolute atomic E-state index is 13.4. The van der Waals surface area contributed by atoms with Crippen LogP contribution in [0.4, 0.5) is 10.1 Å². The van der Waals surface area contributed by atoms with Crippen molar-refractivity contribution < 1.29 is 9.18 Å². The molecule has 6 heteroatoms. The van der Waals surface area contributed by atoms with E-state index in [1.54, 1.807) is 17.4 Å². The third kappa shape index (κ3) is 4.23. The number of likely N-dealkylation sites (tertiary alicyclic amines) is 1. The Bertz CT molecular complexity index is 911. The molecule has 27 heavy (non-hydrogen) atoms. The van der Waals surface area contributed by atoms with Gasteiger partial charge in [0.2, 0.25) is 5.91 Å². The van der Waals surface area contributed by atoms with Crippen molar-refractivity contribution in [2.24, 2.45) is 0 Å². The summed E-state index contributed by atoms with van der Waals surface area (Å²) in [7, 11) is 0. The van der Waals surface area contributed by atoms with Crippen LogP contribution in [-0.4, -0.2) is 28.4 Å². The van der Waals surface area contributed by atoms with Gasteiger partial charge in [-0.15, -0.1) is 11.3 Å². The molecule has 0 aliphatic carbocycles. The van der Waals surface area contributed by atoms with Gasteiger partial charge in [0.1, 0.15) is 5.82 Å². The summed E-state index contributed by atoms with van der Waals surface area (Å²) in [6.07, 6.45) is 3.75. The molecule has 1 atom stereocenters. The minimum absolute atomic E-state index is 0.0236. The van der Waals surface area contributed by atoms with Crippen LogP contribution < -0.4 is 5.32 Å². The highest BCUT2D eigenvalue weighted by atomic mass is 32.1. The van der Waals surface area contributed by atoms with E-state index < -0.39 is 0 Å². The maximum atomic E-state index is 13.4. The fraction of sp³-hybridized carbons (Fsp3) is 0.238. The second-order valence-electron chi connectivity index (χ2n) is 6.67. The molecule has 2 heterocycles. The molecule has 4 nitrogen and oxygen atoms in total. The average Bonchev–Trinajstić information content (AvgIpc) is 3.35. The number of benzene rings is 2. The van der Waals surface area contributed by atoms with Crippen molar-refractivity contribution in [2.75, 3.05) is 11.9 Å². The third-order valence-electron chi connectivity index (χ3n) is 4.82. The summed E-state index contributed by atoms with van der Waals surface area (Å²) in [5.74, 6) is -0.234. The zero-order valence-corrected chi connectivity index (χ0v) is 15.6. The lowest BCUT2D eigenvalue weighted by molar-refractivity contribution is -0.120. The number of amides is 1. The zero-order valence-electron chi connectivity index (χ0n) is 14.8. The smallest absolute Gasteiger partial charge is 0.241 e. The van der Waals surface area contributed by atoms with Crippen molar-refractivity contribution in [2.45, 2.75) is 25.4 Å². The molecule has 0 radical (unpaired) electrons. The minimum Gasteiger partial charge on any atom is -0.325 e. The van der Waals surface area contributed by atoms with Gasteiger partial charge in [-0.1, -0.05) is 24.3 Å². The van der Waals surface area contributed by atoms with Crippen LogP contribution in [0.2, 0.25) is 0 Å². The van der Waals surface area contributed by atoms with Crippen LogP contribution in [0.5, 0.6) is 0 Å². The van der Waals surface area contributed by atoms with Gasteiger partial charge in [0.25, 0.3) is 0 Å². The topological polar surface area (TPSA) is 45.2 Å². The number of thiazole rings is 1. The minimum atomic E-state index is -0.257. The Hall–Kier alpha value is -2.57. The quantitative estimate of drug-likeness (QED) is 0.705. The number of halogens is 1. The van der Waals surface area contributed by atoms with Crippen LogP contribution in [0.3, 0.4) is 0 Å². The number of carbonyl (C=O) groups excluding carboxylic acids is 1. The van der Waals surface area contributed by atoms with E-state index in [9.17, 15) is 9.18 Å². The summed E-state index contributed by atoms with van der Waals surface area (Å²) in [6.45, 7) is 1.69. The molecule has 1 fully saturated rings. The first-order valence-corrected chi connectivity index (χ1v) is 9.85. The highest BCUT2D eigenvalue weighted by molar-refractivity contribution is 7.09. The normalized spacial score (nSPS) is 17.1. The summed E-state index contributed by atoms with van der Waals surface area (Å²) in [5.41, 5.74) is 4.31. The molecule has 4 rings (SSSR count). The second-order valence-corrected chi connectivity index (χ2v) is 7.64. The fourth-order valence-electron chi connectivity index (χ4n) is 3.47. The standard InChI is InChI=1S/C21H20FN3OS/c22-17-4-1-3-16(11-17)15-6-8-18(9-7-15)24-21(26)20-5-2-10-25(20)13-19-12-23-14-27-19/h1,3-4,6-9,11-12,14,20H,2,5,10,13H2,(H,24,26)/t20-/m0/s1. The van der Waals surface area contributed by atoms with E-state index in [-0.39, 0.29) is 17.8 Å². The van der Waals surface area contributed by atoms with Crippen molar-refractivity contribution >= 4 is 22.9 Å². The van der Waals surface area contributed by atoms with E-state index in [4.69, 9.17) is 0 Å². The summed E-state index contributed by atoms with van der Waals surface area (Å²) < 4.78 is 13.4. The van der Waals surface area contributed by atoms with Gasteiger partial charge < -0.3 is 5.32 Å². The van der Waals surface area contributed by atoms with Crippen molar-refractivity contribution in [1.82, 2.24) is 9.88 Å². The molecule has 3 aromatic rings. The first-order valence-electron chi connectivity index (χ1n) is 8.97. The van der Waals surface area contributed by atoms with Gasteiger partial charge in [-0.2, -0.15) is 0 Å². The molecule has 2 aromatic carbocycles. The summed E-state index contributed by atoms with van der Waals surface area (Å²) in [6, 6.07) is 13.9. The molecular formula is C21H20FN3OS. The van der Waals surface area contributed by atoms with E-state index in [1.807, 2.05) is 42.0 Å². The number of nitrogens with zero attached hydrogens (tertiary/aromatic N) is 2. The van der Waals surface area contributed by atoms with Crippen molar-refractivity contribution in [1.29, 1.82) is 0 Å². The molecule has 0 saturated carbocycles. The molecule has 1 aromatic heterocycles. The Balaban J connectivity index is 1.41. The SMILES string of the molecule is O=C(Nc1ccc(-c2cccc(F)c2)cc1)[C@@H]1CCCN1Cc1cncs1. The lowest BCUT2D eigenvalue weighted by atomic mass is 10.1. The second kappa shape index (κ2) is 7.98. The molecule has 0 spiro atoms. The maximum Gasteiger partial charge on any atom is 0.241 e. The number of hydrogen-bond donors (Lipinski definition) is 1. The van der Waals surface area contributed by atoms with Gasteiger partial charge in [0.05, 0.1) is 11.6 Å². The average molecular weight is 381 g/mol. The van der Waals surface area contributed by atoms with Gasteiger partial charge in [0.15, 0.2) is 0 Å². The monoisotopic (exact) mass is 381 g/mol. The van der Waals surface area contributed by atoms with Gasteiger partial charge >= 0.3 is 0 Å². The highest BCUT2D eigenvalue weighted by Gasteiger charge is 2.30. The van der Waals surface area contributed by atoms with Crippen molar-refractivity contribution in [3.05, 3.63) is 70.9 Å². The van der Waals surface area contributed by atoms with Crippen LogP contribution in [0.1, 0.15) is 17.7 Å². The number of aromatic nitrogens is 1. The largest absolute Gasteiger partial charge is 0.325 e. The van der Waals surface area contributed by atoms with Crippen LogP contribution in [0.15, 0.2) is 60.2 Å². The summed E-state index contributed by atoms with van der Waals surface area (Å²) in [4.78, 5) is 20.2. The van der Waals surface area contributed by atoms with Crippen LogP contribution in [0, 0.1) is 5.82 Å². The molecule has 138 valence electrons. The molecule has 1 saturated heterocycles. The molecule has 0 unspecified atom stereocenters. The Kier molecular flexibility index (Phi) is 5.27. The first-order chi connectivity index (χ1) is 13.2. The fourth-order valence-corrected chi connectivity index (χ4v) is 4.09. The van der Waals surface area contributed by atoms with Gasteiger partial charge in [-0.3, -0.25) is 14.7 Å². The number of anilines is 1. The van der Waals surface area contributed by atoms with E-state index >= 15 is 0 Å². The first kappa shape index (κ1) is 17.8. The highest BCUT2D eigenvalue weighted by Crippen LogP contribution is 2.25. The molecule has 1 N–H and O–H groups in total. The van der Waals surface area contributed by atoms with Crippen molar-refractivity contribution in [3.63, 3.8) is 0 Å². The molecule has 1 amide bonds. The summed E-state index contributed by atoms with van der Waals surface area (Å²) in [5, 5.41) is 3.02. The van der Waals surface area contributed by atoms with E-state index in [0.29, 0.717) is 0 Å². The zero-order chi connectivity index (χ0) is 18.6. The third-order valence-corrected chi connectivity index (χ3v) is 5.58. The number of nitrogens with one attached hydrogen (secondary N) is 1. The van der Waals surface area contributed by atoms with Crippen LogP contribution >= 0.6 is 11.3 Å². The van der Waals surface area contributed by atoms with Crippen molar-refractivity contribution in [3.8, 4) is 11.1 Å². The summed E-state index contributed by atoms with van der Waals surface area (Å²) >= 11 is 1.62. The van der Waals surface area contributed by atoms with Gasteiger partial charge in [-0.05, 0) is 54.8 Å². The number of carbonyl (C=O) groups is 1. The van der Waals surface area contributed by atoms with E-state index in [1.165, 1.54) is 17.0 Å². The Morgan fingerprint density at radius 2 is 2.07 bits per heavy atom. The number of hydrogen-bond acceptors (Lipinski definition) is 4. The molecular weight excluding hydrogens is 361 g/mol. The van der Waals surface area contributed by atoms with Gasteiger partial charge in [0, 0.05) is 23.3 Å². The van der Waals surface area contributed by atoms with Crippen LogP contribution in [0.25, 0.3) is 11.1 Å². The number of rotatable bonds is 5. The van der Waals surface area contributed by atoms with E-state index in [0.717, 1.165) is 42.7 Å². The van der Waals surface area contributed by atoms with Crippen LogP contribution in [-0.2, 0) is 11.3 Å². The van der Waals surface area contributed by atoms with E-state index in [2.05, 4.69) is 15.2 Å². The molecule has 1 aliphatic heterocycles. The lowest BCUT2D eigenvalue weighted by Crippen LogP contribution is -2.39. The molecule has 0 bridgehead atoms. The Labute approximate surface area is 161 Å². The molecule has 1 aliphatic rings. The predicted octanol–water partition coefficient (Wildman–Crippen LogP) is 4.55. The Morgan fingerprint density at radius 1 is 1.22 bits per heavy atom. The van der Waals surface area contributed by atoms with Gasteiger partial charge in [-0.25, -0.2) is 4.39 Å².